The zero-order valence-electron chi connectivity index (χ0n) is 14.5. The summed E-state index contributed by atoms with van der Waals surface area (Å²) in [5.41, 5.74) is 1.53. The standard InChI is InChI=1S/C18H22N4O3/c1-3-4-7-22(2)17(23)14-10-20-18(21-11-14)19-9-13-5-6-15-16(8-13)25-12-24-15/h5-6,8,10-11H,3-4,7,9,12H2,1-2H3,(H,19,20,21). The van der Waals surface area contributed by atoms with Crippen LogP contribution >= 0.6 is 0 Å². The van der Waals surface area contributed by atoms with Crippen LogP contribution in [0.25, 0.3) is 0 Å². The molecule has 1 amide bonds. The Bertz CT molecular complexity index is 734. The van der Waals surface area contributed by atoms with Crippen molar-refractivity contribution < 1.29 is 14.3 Å². The van der Waals surface area contributed by atoms with Gasteiger partial charge in [0, 0.05) is 32.5 Å². The largest absolute Gasteiger partial charge is 0.454 e. The van der Waals surface area contributed by atoms with Gasteiger partial charge in [-0.05, 0) is 24.1 Å². The first kappa shape index (κ1) is 17.0. The maximum absolute atomic E-state index is 12.2. The lowest BCUT2D eigenvalue weighted by Crippen LogP contribution is -2.28. The van der Waals surface area contributed by atoms with Gasteiger partial charge in [0.2, 0.25) is 12.7 Å². The summed E-state index contributed by atoms with van der Waals surface area (Å²) in [5.74, 6) is 1.92. The van der Waals surface area contributed by atoms with Crippen LogP contribution in [0.5, 0.6) is 11.5 Å². The van der Waals surface area contributed by atoms with E-state index in [-0.39, 0.29) is 12.7 Å². The first-order valence-corrected chi connectivity index (χ1v) is 8.37. The summed E-state index contributed by atoms with van der Waals surface area (Å²) < 4.78 is 10.7. The zero-order chi connectivity index (χ0) is 17.6. The van der Waals surface area contributed by atoms with E-state index >= 15 is 0 Å². The number of fused-ring (bicyclic) bond motifs is 1. The average Bonchev–Trinajstić information content (AvgIpc) is 3.12. The van der Waals surface area contributed by atoms with Gasteiger partial charge in [0.05, 0.1) is 5.56 Å². The van der Waals surface area contributed by atoms with Gasteiger partial charge in [-0.3, -0.25) is 4.79 Å². The zero-order valence-corrected chi connectivity index (χ0v) is 14.5. The number of amides is 1. The molecule has 0 fully saturated rings. The Morgan fingerprint density at radius 3 is 2.76 bits per heavy atom. The fourth-order valence-electron chi connectivity index (χ4n) is 2.48. The molecule has 0 bridgehead atoms. The molecule has 0 spiro atoms. The molecule has 1 aliphatic rings. The highest BCUT2D eigenvalue weighted by Gasteiger charge is 2.14. The van der Waals surface area contributed by atoms with Gasteiger partial charge in [0.25, 0.3) is 5.91 Å². The van der Waals surface area contributed by atoms with Crippen LogP contribution in [0.2, 0.25) is 0 Å². The van der Waals surface area contributed by atoms with E-state index in [1.807, 2.05) is 18.2 Å². The first-order chi connectivity index (χ1) is 12.2. The Morgan fingerprint density at radius 1 is 1.24 bits per heavy atom. The minimum Gasteiger partial charge on any atom is -0.454 e. The maximum atomic E-state index is 12.2. The lowest BCUT2D eigenvalue weighted by molar-refractivity contribution is 0.0792. The molecule has 2 heterocycles. The van der Waals surface area contributed by atoms with Crippen molar-refractivity contribution in [2.24, 2.45) is 0 Å². The number of hydrogen-bond donors (Lipinski definition) is 1. The van der Waals surface area contributed by atoms with Crippen molar-refractivity contribution >= 4 is 11.9 Å². The van der Waals surface area contributed by atoms with Crippen molar-refractivity contribution in [3.63, 3.8) is 0 Å². The first-order valence-electron chi connectivity index (χ1n) is 8.37. The monoisotopic (exact) mass is 342 g/mol. The molecule has 0 radical (unpaired) electrons. The molecule has 1 N–H and O–H groups in total. The number of rotatable bonds is 7. The van der Waals surface area contributed by atoms with E-state index in [0.717, 1.165) is 36.4 Å². The second kappa shape index (κ2) is 7.83. The molecule has 0 aliphatic carbocycles. The second-order valence-electron chi connectivity index (χ2n) is 5.92. The van der Waals surface area contributed by atoms with Crippen LogP contribution in [0.15, 0.2) is 30.6 Å². The minimum atomic E-state index is -0.0595. The molecule has 0 saturated heterocycles. The number of unbranched alkanes of at least 4 members (excludes halogenated alkanes) is 1. The molecule has 3 rings (SSSR count). The predicted octanol–water partition coefficient (Wildman–Crippen LogP) is 2.69. The molecule has 7 heteroatoms. The van der Waals surface area contributed by atoms with E-state index in [1.54, 1.807) is 24.3 Å². The third-order valence-electron chi connectivity index (χ3n) is 3.98. The molecule has 2 aromatic rings. The van der Waals surface area contributed by atoms with Crippen LogP contribution in [-0.2, 0) is 6.54 Å². The maximum Gasteiger partial charge on any atom is 0.256 e. The van der Waals surface area contributed by atoms with E-state index in [4.69, 9.17) is 9.47 Å². The number of benzene rings is 1. The smallest absolute Gasteiger partial charge is 0.256 e. The highest BCUT2D eigenvalue weighted by atomic mass is 16.7. The normalized spacial score (nSPS) is 12.1. The SMILES string of the molecule is CCCCN(C)C(=O)c1cnc(NCc2ccc3c(c2)OCO3)nc1. The molecule has 7 nitrogen and oxygen atoms in total. The predicted molar refractivity (Wildman–Crippen MR) is 93.8 cm³/mol. The summed E-state index contributed by atoms with van der Waals surface area (Å²) in [4.78, 5) is 22.4. The molecular formula is C18H22N4O3. The number of carbonyl (C=O) groups is 1. The number of anilines is 1. The van der Waals surface area contributed by atoms with Crippen LogP contribution in [0.1, 0.15) is 35.7 Å². The highest BCUT2D eigenvalue weighted by molar-refractivity contribution is 5.93. The van der Waals surface area contributed by atoms with Crippen LogP contribution in [0, 0.1) is 0 Å². The average molecular weight is 342 g/mol. The molecule has 0 atom stereocenters. The highest BCUT2D eigenvalue weighted by Crippen LogP contribution is 2.32. The summed E-state index contributed by atoms with van der Waals surface area (Å²) in [7, 11) is 1.80. The fraction of sp³-hybridized carbons (Fsp3) is 0.389. The van der Waals surface area contributed by atoms with E-state index in [0.29, 0.717) is 18.1 Å². The summed E-state index contributed by atoms with van der Waals surface area (Å²) in [5, 5.41) is 3.14. The molecule has 1 aromatic carbocycles. The van der Waals surface area contributed by atoms with E-state index < -0.39 is 0 Å². The van der Waals surface area contributed by atoms with E-state index in [1.165, 1.54) is 0 Å². The molecule has 132 valence electrons. The molecule has 25 heavy (non-hydrogen) atoms. The van der Waals surface area contributed by atoms with Crippen molar-refractivity contribution in [1.29, 1.82) is 0 Å². The van der Waals surface area contributed by atoms with Crippen LogP contribution in [-0.4, -0.2) is 41.2 Å². The Kier molecular flexibility index (Phi) is 5.33. The number of nitrogens with zero attached hydrogens (tertiary/aromatic N) is 3. The molecule has 0 saturated carbocycles. The lowest BCUT2D eigenvalue weighted by Gasteiger charge is -2.16. The van der Waals surface area contributed by atoms with Gasteiger partial charge in [-0.25, -0.2) is 9.97 Å². The van der Waals surface area contributed by atoms with E-state index in [9.17, 15) is 4.79 Å². The molecular weight excluding hydrogens is 320 g/mol. The van der Waals surface area contributed by atoms with Crippen LogP contribution < -0.4 is 14.8 Å². The van der Waals surface area contributed by atoms with Crippen molar-refractivity contribution in [2.75, 3.05) is 25.7 Å². The van der Waals surface area contributed by atoms with Crippen molar-refractivity contribution in [2.45, 2.75) is 26.3 Å². The number of ether oxygens (including phenoxy) is 2. The third kappa shape index (κ3) is 4.17. The van der Waals surface area contributed by atoms with Gasteiger partial charge in [-0.1, -0.05) is 19.4 Å². The molecule has 1 aromatic heterocycles. The summed E-state index contributed by atoms with van der Waals surface area (Å²) in [6, 6.07) is 5.77. The fourth-order valence-corrected chi connectivity index (χ4v) is 2.48. The quantitative estimate of drug-likeness (QED) is 0.834. The lowest BCUT2D eigenvalue weighted by atomic mass is 10.2. The van der Waals surface area contributed by atoms with Gasteiger partial charge in [-0.2, -0.15) is 0 Å². The van der Waals surface area contributed by atoms with E-state index in [2.05, 4.69) is 22.2 Å². The minimum absolute atomic E-state index is 0.0595. The van der Waals surface area contributed by atoms with Crippen molar-refractivity contribution in [3.05, 3.63) is 41.7 Å². The topological polar surface area (TPSA) is 76.6 Å². The third-order valence-corrected chi connectivity index (χ3v) is 3.98. The molecule has 1 aliphatic heterocycles. The van der Waals surface area contributed by atoms with Crippen LogP contribution in [0.3, 0.4) is 0 Å². The Labute approximate surface area is 147 Å². The number of hydrogen-bond acceptors (Lipinski definition) is 6. The van der Waals surface area contributed by atoms with Crippen LogP contribution in [0.4, 0.5) is 5.95 Å². The number of carbonyl (C=O) groups excluding carboxylic acids is 1. The Hall–Kier alpha value is -2.83. The van der Waals surface area contributed by atoms with Gasteiger partial charge in [0.1, 0.15) is 0 Å². The van der Waals surface area contributed by atoms with Crippen molar-refractivity contribution in [3.8, 4) is 11.5 Å². The summed E-state index contributed by atoms with van der Waals surface area (Å²) in [6.07, 6.45) is 5.15. The van der Waals surface area contributed by atoms with Gasteiger partial charge in [0.15, 0.2) is 11.5 Å². The number of aromatic nitrogens is 2. The van der Waals surface area contributed by atoms with Gasteiger partial charge in [-0.15, -0.1) is 0 Å². The van der Waals surface area contributed by atoms with Gasteiger partial charge >= 0.3 is 0 Å². The summed E-state index contributed by atoms with van der Waals surface area (Å²) in [6.45, 7) is 3.65. The Balaban J connectivity index is 1.56. The van der Waals surface area contributed by atoms with Gasteiger partial charge < -0.3 is 19.7 Å². The summed E-state index contributed by atoms with van der Waals surface area (Å²) >= 11 is 0. The second-order valence-corrected chi connectivity index (χ2v) is 5.92. The number of nitrogens with one attached hydrogen (secondary N) is 1. The Morgan fingerprint density at radius 2 is 2.00 bits per heavy atom. The van der Waals surface area contributed by atoms with Crippen molar-refractivity contribution in [1.82, 2.24) is 14.9 Å². The molecule has 0 unspecified atom stereocenters.